The van der Waals surface area contributed by atoms with Crippen LogP contribution in [0.2, 0.25) is 5.02 Å². The molecule has 0 heterocycles. The summed E-state index contributed by atoms with van der Waals surface area (Å²) in [5.74, 6) is 0.282. The summed E-state index contributed by atoms with van der Waals surface area (Å²) in [4.78, 5) is 11.8. The molecule has 0 aromatic heterocycles. The Morgan fingerprint density at radius 1 is 1.19 bits per heavy atom. The molecule has 3 rings (SSSR count). The minimum Gasteiger partial charge on any atom is -0.294 e. The minimum absolute atomic E-state index is 0.282. The number of rotatable bonds is 0. The Labute approximate surface area is 99.0 Å². The molecule has 0 amide bonds. The Hall–Kier alpha value is -1.34. The quantitative estimate of drug-likeness (QED) is 0.670. The van der Waals surface area contributed by atoms with Crippen LogP contribution in [0.4, 0.5) is 0 Å². The summed E-state index contributed by atoms with van der Waals surface area (Å²) in [6.45, 7) is 2.03. The normalized spacial score (nSPS) is 14.5. The van der Waals surface area contributed by atoms with Crippen LogP contribution in [-0.2, 0) is 6.42 Å². The van der Waals surface area contributed by atoms with E-state index in [1.54, 1.807) is 0 Å². The molecule has 2 heteroatoms. The average molecular weight is 231 g/mol. The van der Waals surface area contributed by atoms with Gasteiger partial charge >= 0.3 is 0 Å². The van der Waals surface area contributed by atoms with E-state index in [4.69, 9.17) is 11.6 Å². The van der Waals surface area contributed by atoms with Crippen LogP contribution < -0.4 is 0 Å². The highest BCUT2D eigenvalue weighted by Crippen LogP contribution is 2.32. The second-order valence-electron chi connectivity index (χ2n) is 4.32. The van der Waals surface area contributed by atoms with Crippen LogP contribution in [-0.4, -0.2) is 5.78 Å². The van der Waals surface area contributed by atoms with E-state index in [-0.39, 0.29) is 5.78 Å². The number of Topliss-reactive ketones (excluding diaryl/α,β-unsaturated/α-hetero) is 1. The fourth-order valence-corrected chi connectivity index (χ4v) is 2.77. The molecule has 0 spiro atoms. The third-order valence-corrected chi connectivity index (χ3v) is 3.58. The molecule has 1 nitrogen and oxygen atoms in total. The lowest BCUT2D eigenvalue weighted by Crippen LogP contribution is -1.96. The zero-order valence-electron chi connectivity index (χ0n) is 9.01. The van der Waals surface area contributed by atoms with Gasteiger partial charge in [0.05, 0.1) is 0 Å². The fourth-order valence-electron chi connectivity index (χ4n) is 2.59. The van der Waals surface area contributed by atoms with Crippen molar-refractivity contribution in [1.29, 1.82) is 0 Å². The van der Waals surface area contributed by atoms with E-state index in [2.05, 4.69) is 6.07 Å². The van der Waals surface area contributed by atoms with Crippen LogP contribution in [0.15, 0.2) is 24.3 Å². The van der Waals surface area contributed by atoms with Crippen molar-refractivity contribution in [3.05, 3.63) is 46.0 Å². The predicted octanol–water partition coefficient (Wildman–Crippen LogP) is 3.93. The molecule has 0 bridgehead atoms. The number of carbonyl (C=O) groups excluding carboxylic acids is 1. The van der Waals surface area contributed by atoms with Crippen LogP contribution >= 0.6 is 11.6 Å². The highest BCUT2D eigenvalue weighted by molar-refractivity contribution is 6.31. The molecule has 16 heavy (non-hydrogen) atoms. The highest BCUT2D eigenvalue weighted by atomic mass is 35.5. The molecule has 2 aromatic carbocycles. The summed E-state index contributed by atoms with van der Waals surface area (Å²) in [6.07, 6.45) is 1.53. The van der Waals surface area contributed by atoms with Crippen molar-refractivity contribution in [2.75, 3.05) is 0 Å². The summed E-state index contributed by atoms with van der Waals surface area (Å²) in [6, 6.07) is 7.95. The van der Waals surface area contributed by atoms with Gasteiger partial charge in [-0.2, -0.15) is 0 Å². The second kappa shape index (κ2) is 3.33. The van der Waals surface area contributed by atoms with Gasteiger partial charge in [0, 0.05) is 17.0 Å². The van der Waals surface area contributed by atoms with E-state index < -0.39 is 0 Å². The van der Waals surface area contributed by atoms with E-state index >= 15 is 0 Å². The molecule has 0 radical (unpaired) electrons. The van der Waals surface area contributed by atoms with Crippen LogP contribution in [0.3, 0.4) is 0 Å². The van der Waals surface area contributed by atoms with Gasteiger partial charge in [-0.15, -0.1) is 0 Å². The van der Waals surface area contributed by atoms with Gasteiger partial charge in [-0.05, 0) is 47.4 Å². The molecule has 0 unspecified atom stereocenters. The first-order valence-electron chi connectivity index (χ1n) is 5.42. The number of fused-ring (bicyclic) bond motifs is 2. The van der Waals surface area contributed by atoms with Crippen molar-refractivity contribution in [2.45, 2.75) is 19.8 Å². The number of hydrogen-bond donors (Lipinski definition) is 0. The number of hydrogen-bond acceptors (Lipinski definition) is 1. The van der Waals surface area contributed by atoms with Gasteiger partial charge in [-0.25, -0.2) is 0 Å². The van der Waals surface area contributed by atoms with Crippen molar-refractivity contribution in [2.24, 2.45) is 0 Å². The number of carbonyl (C=O) groups is 1. The predicted molar refractivity (Wildman–Crippen MR) is 66.3 cm³/mol. The molecule has 2 aromatic rings. The fraction of sp³-hybridized carbons (Fsp3) is 0.214. The van der Waals surface area contributed by atoms with Gasteiger partial charge in [0.15, 0.2) is 5.78 Å². The first kappa shape index (κ1) is 9.86. The van der Waals surface area contributed by atoms with Crippen LogP contribution in [0.25, 0.3) is 10.8 Å². The number of halogens is 1. The maximum absolute atomic E-state index is 11.8. The lowest BCUT2D eigenvalue weighted by atomic mass is 9.96. The molecule has 1 aliphatic carbocycles. The van der Waals surface area contributed by atoms with Crippen molar-refractivity contribution >= 4 is 28.2 Å². The first-order valence-corrected chi connectivity index (χ1v) is 5.79. The van der Waals surface area contributed by atoms with Gasteiger partial charge in [0.25, 0.3) is 0 Å². The van der Waals surface area contributed by atoms with Gasteiger partial charge in [0.2, 0.25) is 0 Å². The largest absolute Gasteiger partial charge is 0.294 e. The summed E-state index contributed by atoms with van der Waals surface area (Å²) in [7, 11) is 0. The van der Waals surface area contributed by atoms with E-state index in [0.29, 0.717) is 6.42 Å². The Morgan fingerprint density at radius 2 is 2.00 bits per heavy atom. The lowest BCUT2D eigenvalue weighted by Gasteiger charge is -2.08. The zero-order chi connectivity index (χ0) is 11.3. The molecule has 0 atom stereocenters. The van der Waals surface area contributed by atoms with E-state index in [0.717, 1.165) is 33.3 Å². The summed E-state index contributed by atoms with van der Waals surface area (Å²) in [5, 5.41) is 3.02. The van der Waals surface area contributed by atoms with Gasteiger partial charge < -0.3 is 0 Å². The third-order valence-electron chi connectivity index (χ3n) is 3.34. The van der Waals surface area contributed by atoms with E-state index in [1.165, 1.54) is 5.56 Å². The molecular weight excluding hydrogens is 220 g/mol. The molecule has 0 saturated heterocycles. The average Bonchev–Trinajstić information content (AvgIpc) is 2.60. The number of ketones is 1. The summed E-state index contributed by atoms with van der Waals surface area (Å²) >= 11 is 5.98. The van der Waals surface area contributed by atoms with Crippen LogP contribution in [0.1, 0.15) is 27.9 Å². The van der Waals surface area contributed by atoms with Gasteiger partial charge in [-0.3, -0.25) is 4.79 Å². The van der Waals surface area contributed by atoms with Crippen molar-refractivity contribution in [3.63, 3.8) is 0 Å². The van der Waals surface area contributed by atoms with Crippen LogP contribution in [0, 0.1) is 6.92 Å². The molecule has 0 aliphatic heterocycles. The van der Waals surface area contributed by atoms with Gasteiger partial charge in [0.1, 0.15) is 0 Å². The molecule has 1 aliphatic rings. The third kappa shape index (κ3) is 1.28. The lowest BCUT2D eigenvalue weighted by molar-refractivity contribution is 0.0994. The zero-order valence-corrected chi connectivity index (χ0v) is 9.77. The number of benzene rings is 2. The Balaban J connectivity index is 2.43. The maximum Gasteiger partial charge on any atom is 0.163 e. The van der Waals surface area contributed by atoms with Crippen molar-refractivity contribution < 1.29 is 4.79 Å². The van der Waals surface area contributed by atoms with Crippen LogP contribution in [0.5, 0.6) is 0 Å². The molecular formula is C14H11ClO. The Kier molecular flexibility index (Phi) is 2.05. The van der Waals surface area contributed by atoms with E-state index in [1.807, 2.05) is 25.1 Å². The van der Waals surface area contributed by atoms with Crippen molar-refractivity contribution in [3.8, 4) is 0 Å². The Morgan fingerprint density at radius 3 is 2.81 bits per heavy atom. The Bertz CT molecular complexity index is 614. The standard InChI is InChI=1S/C14H11ClO/c1-8-12-4-3-11(15)7-10(12)6-9-2-5-13(16)14(8)9/h3-4,6-7H,2,5H2,1H3. The topological polar surface area (TPSA) is 17.1 Å². The maximum atomic E-state index is 11.8. The molecule has 0 N–H and O–H groups in total. The summed E-state index contributed by atoms with van der Waals surface area (Å²) in [5.41, 5.74) is 3.22. The molecule has 80 valence electrons. The SMILES string of the molecule is Cc1c2c(cc3cc(Cl)ccc13)CCC2=O. The molecule has 0 fully saturated rings. The van der Waals surface area contributed by atoms with E-state index in [9.17, 15) is 4.79 Å². The highest BCUT2D eigenvalue weighted by Gasteiger charge is 2.22. The van der Waals surface area contributed by atoms with Crippen molar-refractivity contribution in [1.82, 2.24) is 0 Å². The monoisotopic (exact) mass is 230 g/mol. The second-order valence-corrected chi connectivity index (χ2v) is 4.76. The molecule has 0 saturated carbocycles. The first-order chi connectivity index (χ1) is 7.66. The van der Waals surface area contributed by atoms with Gasteiger partial charge in [-0.1, -0.05) is 23.7 Å². The summed E-state index contributed by atoms with van der Waals surface area (Å²) < 4.78 is 0. The number of aryl methyl sites for hydroxylation is 2. The minimum atomic E-state index is 0.282. The smallest absolute Gasteiger partial charge is 0.163 e.